The van der Waals surface area contributed by atoms with Gasteiger partial charge in [-0.2, -0.15) is 0 Å². The molecule has 0 saturated heterocycles. The van der Waals surface area contributed by atoms with Gasteiger partial charge in [-0.3, -0.25) is 14.8 Å². The van der Waals surface area contributed by atoms with Crippen molar-refractivity contribution in [2.45, 2.75) is 48.0 Å². The SMILES string of the molecule is C=N/C(C)=C(\C)C(C(=O)NCC1=NC(C)=C(C)C1)=C(C)C. The Morgan fingerprint density at radius 3 is 2.33 bits per heavy atom. The van der Waals surface area contributed by atoms with E-state index in [2.05, 4.69) is 28.9 Å². The van der Waals surface area contributed by atoms with E-state index in [1.54, 1.807) is 0 Å². The quantitative estimate of drug-likeness (QED) is 0.469. The van der Waals surface area contributed by atoms with Crippen molar-refractivity contribution in [2.75, 3.05) is 6.54 Å². The molecule has 1 amide bonds. The summed E-state index contributed by atoms with van der Waals surface area (Å²) in [4.78, 5) is 20.8. The Balaban J connectivity index is 2.81. The lowest BCUT2D eigenvalue weighted by Gasteiger charge is -2.13. The van der Waals surface area contributed by atoms with Crippen molar-refractivity contribution >= 4 is 18.3 Å². The Morgan fingerprint density at radius 2 is 1.90 bits per heavy atom. The van der Waals surface area contributed by atoms with Crippen LogP contribution in [0.1, 0.15) is 48.0 Å². The van der Waals surface area contributed by atoms with Gasteiger partial charge in [0.25, 0.3) is 5.91 Å². The number of aliphatic imine (C=N–C) groups is 2. The zero-order chi connectivity index (χ0) is 16.2. The molecule has 1 aliphatic heterocycles. The van der Waals surface area contributed by atoms with Gasteiger partial charge in [-0.05, 0) is 59.4 Å². The summed E-state index contributed by atoms with van der Waals surface area (Å²) in [6.07, 6.45) is 0.846. The van der Waals surface area contributed by atoms with E-state index in [4.69, 9.17) is 0 Å². The Bertz CT molecular complexity index is 585. The van der Waals surface area contributed by atoms with E-state index in [0.29, 0.717) is 12.1 Å². The molecule has 0 aromatic heterocycles. The van der Waals surface area contributed by atoms with Crippen molar-refractivity contribution in [2.24, 2.45) is 9.98 Å². The smallest absolute Gasteiger partial charge is 0.251 e. The minimum Gasteiger partial charge on any atom is -0.347 e. The molecule has 0 aromatic rings. The number of hydrogen-bond donors (Lipinski definition) is 1. The first kappa shape index (κ1) is 17.1. The topological polar surface area (TPSA) is 53.8 Å². The Hall–Kier alpha value is -1.97. The van der Waals surface area contributed by atoms with Gasteiger partial charge in [0.15, 0.2) is 0 Å². The third-order valence-electron chi connectivity index (χ3n) is 3.75. The van der Waals surface area contributed by atoms with Crippen molar-refractivity contribution in [1.29, 1.82) is 0 Å². The van der Waals surface area contributed by atoms with Crippen LogP contribution in [-0.4, -0.2) is 24.9 Å². The van der Waals surface area contributed by atoms with Crippen molar-refractivity contribution < 1.29 is 4.79 Å². The van der Waals surface area contributed by atoms with E-state index in [9.17, 15) is 4.79 Å². The third-order valence-corrected chi connectivity index (χ3v) is 3.75. The highest BCUT2D eigenvalue weighted by atomic mass is 16.1. The first-order valence-electron chi connectivity index (χ1n) is 7.11. The van der Waals surface area contributed by atoms with Gasteiger partial charge < -0.3 is 5.32 Å². The third kappa shape index (κ3) is 4.25. The van der Waals surface area contributed by atoms with Gasteiger partial charge in [0.05, 0.1) is 6.54 Å². The Labute approximate surface area is 127 Å². The van der Waals surface area contributed by atoms with Crippen molar-refractivity contribution in [3.05, 3.63) is 33.7 Å². The number of nitrogens with one attached hydrogen (secondary N) is 1. The maximum Gasteiger partial charge on any atom is 0.251 e. The normalized spacial score (nSPS) is 15.4. The minimum absolute atomic E-state index is 0.0830. The summed E-state index contributed by atoms with van der Waals surface area (Å²) in [5.74, 6) is -0.0830. The van der Waals surface area contributed by atoms with Crippen LogP contribution in [-0.2, 0) is 4.79 Å². The van der Waals surface area contributed by atoms with Gasteiger partial charge >= 0.3 is 0 Å². The number of amides is 1. The van der Waals surface area contributed by atoms with Gasteiger partial charge in [-0.1, -0.05) is 5.57 Å². The molecule has 1 N–H and O–H groups in total. The lowest BCUT2D eigenvalue weighted by atomic mass is 10.0. The zero-order valence-corrected chi connectivity index (χ0v) is 13.9. The maximum atomic E-state index is 12.4. The summed E-state index contributed by atoms with van der Waals surface area (Å²) in [7, 11) is 0. The molecule has 1 rings (SSSR count). The number of nitrogens with zero attached hydrogens (tertiary/aromatic N) is 2. The molecule has 1 aliphatic rings. The van der Waals surface area contributed by atoms with Crippen molar-refractivity contribution in [3.8, 4) is 0 Å². The molecule has 0 atom stereocenters. The number of rotatable bonds is 5. The molecule has 0 saturated carbocycles. The van der Waals surface area contributed by atoms with Gasteiger partial charge in [-0.25, -0.2) is 0 Å². The molecular formula is C17H25N3O. The fraction of sp³-hybridized carbons (Fsp3) is 0.471. The molecule has 0 unspecified atom stereocenters. The molecular weight excluding hydrogens is 262 g/mol. The summed E-state index contributed by atoms with van der Waals surface area (Å²) in [6.45, 7) is 15.7. The fourth-order valence-corrected chi connectivity index (χ4v) is 2.25. The van der Waals surface area contributed by atoms with Crippen molar-refractivity contribution in [1.82, 2.24) is 5.32 Å². The number of hydrogen-bond acceptors (Lipinski definition) is 3. The predicted octanol–water partition coefficient (Wildman–Crippen LogP) is 3.57. The number of allylic oxidation sites excluding steroid dienone is 4. The van der Waals surface area contributed by atoms with E-state index in [0.717, 1.165) is 34.7 Å². The van der Waals surface area contributed by atoms with Gasteiger partial charge in [0, 0.05) is 29.1 Å². The average molecular weight is 287 g/mol. The van der Waals surface area contributed by atoms with Crippen LogP contribution in [0.25, 0.3) is 0 Å². The summed E-state index contributed by atoms with van der Waals surface area (Å²) < 4.78 is 0. The lowest BCUT2D eigenvalue weighted by molar-refractivity contribution is -0.117. The van der Waals surface area contributed by atoms with Crippen LogP contribution in [0, 0.1) is 0 Å². The molecule has 0 bridgehead atoms. The van der Waals surface area contributed by atoms with Crippen LogP contribution in [0.15, 0.2) is 43.7 Å². The molecule has 0 radical (unpaired) electrons. The highest BCUT2D eigenvalue weighted by Crippen LogP contribution is 2.20. The minimum atomic E-state index is -0.0830. The van der Waals surface area contributed by atoms with Crippen LogP contribution in [0.5, 0.6) is 0 Å². The molecule has 4 heteroatoms. The van der Waals surface area contributed by atoms with Gasteiger partial charge in [0.1, 0.15) is 0 Å². The molecule has 0 spiro atoms. The van der Waals surface area contributed by atoms with Crippen LogP contribution >= 0.6 is 0 Å². The van der Waals surface area contributed by atoms with E-state index < -0.39 is 0 Å². The first-order valence-corrected chi connectivity index (χ1v) is 7.11. The summed E-state index contributed by atoms with van der Waals surface area (Å²) in [5, 5.41) is 2.96. The molecule has 114 valence electrons. The number of carbonyl (C=O) groups excluding carboxylic acids is 1. The molecule has 4 nitrogen and oxygen atoms in total. The number of carbonyl (C=O) groups is 1. The zero-order valence-electron chi connectivity index (χ0n) is 13.9. The van der Waals surface area contributed by atoms with E-state index in [-0.39, 0.29) is 5.91 Å². The largest absolute Gasteiger partial charge is 0.347 e. The molecule has 1 heterocycles. The second-order valence-electron chi connectivity index (χ2n) is 5.65. The van der Waals surface area contributed by atoms with E-state index in [1.165, 1.54) is 5.57 Å². The van der Waals surface area contributed by atoms with Gasteiger partial charge in [-0.15, -0.1) is 0 Å². The second-order valence-corrected chi connectivity index (χ2v) is 5.65. The Morgan fingerprint density at radius 1 is 1.29 bits per heavy atom. The molecule has 0 aliphatic carbocycles. The van der Waals surface area contributed by atoms with Crippen LogP contribution < -0.4 is 5.32 Å². The first-order chi connectivity index (χ1) is 9.77. The Kier molecular flexibility index (Phi) is 5.82. The molecule has 0 aromatic carbocycles. The van der Waals surface area contributed by atoms with E-state index >= 15 is 0 Å². The monoisotopic (exact) mass is 287 g/mol. The summed E-state index contributed by atoms with van der Waals surface area (Å²) >= 11 is 0. The van der Waals surface area contributed by atoms with Crippen molar-refractivity contribution in [3.63, 3.8) is 0 Å². The standard InChI is InChI=1S/C17H25N3O/c1-10(2)16(12(4)14(6)18-7)17(21)19-9-15-8-11(3)13(5)20-15/h7-9H2,1-6H3,(H,19,21)/b14-12+. The van der Waals surface area contributed by atoms with Crippen LogP contribution in [0.3, 0.4) is 0 Å². The molecule has 0 fully saturated rings. The van der Waals surface area contributed by atoms with Gasteiger partial charge in [0.2, 0.25) is 0 Å². The van der Waals surface area contributed by atoms with Crippen LogP contribution in [0.2, 0.25) is 0 Å². The summed E-state index contributed by atoms with van der Waals surface area (Å²) in [6, 6.07) is 0. The molecule has 21 heavy (non-hydrogen) atoms. The second kappa shape index (κ2) is 7.16. The maximum absolute atomic E-state index is 12.4. The summed E-state index contributed by atoms with van der Waals surface area (Å²) in [5.41, 5.74) is 6.61. The fourth-order valence-electron chi connectivity index (χ4n) is 2.25. The van der Waals surface area contributed by atoms with E-state index in [1.807, 2.05) is 34.6 Å². The predicted molar refractivity (Wildman–Crippen MR) is 89.7 cm³/mol. The average Bonchev–Trinajstić information content (AvgIpc) is 2.74. The highest BCUT2D eigenvalue weighted by Gasteiger charge is 2.17. The van der Waals surface area contributed by atoms with Crippen LogP contribution in [0.4, 0.5) is 0 Å². The highest BCUT2D eigenvalue weighted by molar-refractivity contribution is 6.01. The lowest BCUT2D eigenvalue weighted by Crippen LogP contribution is -2.31.